The number of ether oxygens (including phenoxy) is 1. The Labute approximate surface area is 183 Å². The Hall–Kier alpha value is -4.40. The maximum Gasteiger partial charge on any atom is 0.307 e. The highest BCUT2D eigenvalue weighted by Crippen LogP contribution is 2.28. The third kappa shape index (κ3) is 5.01. The molecule has 4 rings (SSSR count). The third-order valence-corrected chi connectivity index (χ3v) is 4.86. The van der Waals surface area contributed by atoms with E-state index in [1.165, 1.54) is 0 Å². The van der Waals surface area contributed by atoms with Gasteiger partial charge >= 0.3 is 5.97 Å². The number of nitrogen functional groups attached to an aromatic ring is 1. The largest absolute Gasteiger partial charge is 0.481 e. The summed E-state index contributed by atoms with van der Waals surface area (Å²) in [6.07, 6.45) is 1.87. The number of fused-ring (bicyclic) bond motifs is 1. The minimum absolute atomic E-state index is 0.0855. The number of amides is 1. The van der Waals surface area contributed by atoms with E-state index in [0.717, 1.165) is 5.56 Å². The van der Waals surface area contributed by atoms with Crippen molar-refractivity contribution < 1.29 is 19.4 Å². The van der Waals surface area contributed by atoms with Crippen molar-refractivity contribution in [3.63, 3.8) is 0 Å². The van der Waals surface area contributed by atoms with E-state index in [-0.39, 0.29) is 24.7 Å². The van der Waals surface area contributed by atoms with Crippen molar-refractivity contribution in [2.45, 2.75) is 12.8 Å². The number of H-pyrrole nitrogens is 1. The van der Waals surface area contributed by atoms with E-state index in [1.54, 1.807) is 36.5 Å². The highest BCUT2D eigenvalue weighted by Gasteiger charge is 2.22. The molecule has 162 valence electrons. The average molecular weight is 431 g/mol. The van der Waals surface area contributed by atoms with E-state index in [4.69, 9.17) is 10.5 Å². The van der Waals surface area contributed by atoms with Crippen LogP contribution in [0.25, 0.3) is 11.0 Å². The predicted octanol–water partition coefficient (Wildman–Crippen LogP) is 3.60. The summed E-state index contributed by atoms with van der Waals surface area (Å²) in [5, 5.41) is 12.9. The number of nitrogens with two attached hydrogens (primary N) is 1. The van der Waals surface area contributed by atoms with Gasteiger partial charge in [0.05, 0.1) is 11.3 Å². The molecule has 4 aromatic rings. The molecule has 2 aromatic heterocycles. The van der Waals surface area contributed by atoms with Crippen molar-refractivity contribution in [2.75, 3.05) is 11.1 Å². The lowest BCUT2D eigenvalue weighted by Crippen LogP contribution is -2.24. The summed E-state index contributed by atoms with van der Waals surface area (Å²) in [5.74, 6) is -1.30. The molecule has 0 fully saturated rings. The molecule has 0 saturated carbocycles. The number of benzene rings is 2. The number of aromatic amines is 1. The highest BCUT2D eigenvalue weighted by atomic mass is 16.5. The maximum absolute atomic E-state index is 12.4. The van der Waals surface area contributed by atoms with Crippen molar-refractivity contribution in [1.82, 2.24) is 15.0 Å². The zero-order chi connectivity index (χ0) is 22.5. The number of hydrogen-bond acceptors (Lipinski definition) is 6. The van der Waals surface area contributed by atoms with Gasteiger partial charge in [0.1, 0.15) is 11.4 Å². The number of rotatable bonds is 8. The second-order valence-electron chi connectivity index (χ2n) is 7.23. The Kier molecular flexibility index (Phi) is 5.98. The summed E-state index contributed by atoms with van der Waals surface area (Å²) in [7, 11) is 0. The van der Waals surface area contributed by atoms with Crippen LogP contribution in [0.15, 0.2) is 66.9 Å². The Morgan fingerprint density at radius 3 is 2.53 bits per heavy atom. The van der Waals surface area contributed by atoms with E-state index in [2.05, 4.69) is 20.3 Å². The van der Waals surface area contributed by atoms with Gasteiger partial charge < -0.3 is 25.9 Å². The lowest BCUT2D eigenvalue weighted by Gasteiger charge is -2.13. The minimum Gasteiger partial charge on any atom is -0.481 e. The number of anilines is 2. The van der Waals surface area contributed by atoms with E-state index in [9.17, 15) is 14.7 Å². The number of nitrogens with one attached hydrogen (secondary N) is 2. The summed E-state index contributed by atoms with van der Waals surface area (Å²) in [6.45, 7) is 0. The fourth-order valence-corrected chi connectivity index (χ4v) is 3.31. The fourth-order valence-electron chi connectivity index (χ4n) is 3.31. The van der Waals surface area contributed by atoms with Gasteiger partial charge in [0.15, 0.2) is 0 Å². The molecule has 9 nitrogen and oxygen atoms in total. The van der Waals surface area contributed by atoms with Crippen LogP contribution in [0.3, 0.4) is 0 Å². The first-order valence-electron chi connectivity index (χ1n) is 9.93. The SMILES string of the molecule is Nc1nc(Oc2ccc(NC(=O)C[C@H](Cc3ccccc3)C(=O)O)cc2)c2cc[nH]c2n1. The van der Waals surface area contributed by atoms with E-state index in [0.29, 0.717) is 28.4 Å². The normalized spacial score (nSPS) is 11.8. The van der Waals surface area contributed by atoms with Crippen LogP contribution >= 0.6 is 0 Å². The van der Waals surface area contributed by atoms with Gasteiger partial charge in [-0.15, -0.1) is 0 Å². The van der Waals surface area contributed by atoms with E-state index in [1.807, 2.05) is 30.3 Å². The molecule has 5 N–H and O–H groups in total. The molecule has 0 spiro atoms. The monoisotopic (exact) mass is 431 g/mol. The first-order chi connectivity index (χ1) is 15.5. The molecule has 0 radical (unpaired) electrons. The van der Waals surface area contributed by atoms with Crippen LogP contribution in [-0.2, 0) is 16.0 Å². The highest BCUT2D eigenvalue weighted by molar-refractivity contribution is 5.93. The summed E-state index contributed by atoms with van der Waals surface area (Å²) in [6, 6.07) is 17.7. The Bertz CT molecular complexity index is 1240. The maximum atomic E-state index is 12.4. The predicted molar refractivity (Wildman–Crippen MR) is 119 cm³/mol. The molecular formula is C23H21N5O4. The molecule has 1 atom stereocenters. The number of carboxylic acid groups (broad SMARTS) is 1. The van der Waals surface area contributed by atoms with Gasteiger partial charge in [0.25, 0.3) is 0 Å². The zero-order valence-electron chi connectivity index (χ0n) is 17.0. The van der Waals surface area contributed by atoms with Crippen LogP contribution in [0, 0.1) is 5.92 Å². The van der Waals surface area contributed by atoms with Gasteiger partial charge in [-0.3, -0.25) is 9.59 Å². The quantitative estimate of drug-likeness (QED) is 0.334. The summed E-state index contributed by atoms with van der Waals surface area (Å²) < 4.78 is 5.81. The molecule has 0 aliphatic heterocycles. The van der Waals surface area contributed by atoms with Crippen molar-refractivity contribution in [2.24, 2.45) is 5.92 Å². The van der Waals surface area contributed by atoms with E-state index >= 15 is 0 Å². The Balaban J connectivity index is 1.39. The summed E-state index contributed by atoms with van der Waals surface area (Å²) in [5.41, 5.74) is 7.68. The van der Waals surface area contributed by atoms with Crippen LogP contribution in [0.5, 0.6) is 11.6 Å². The molecule has 0 bridgehead atoms. The van der Waals surface area contributed by atoms with Crippen molar-refractivity contribution >= 4 is 34.5 Å². The van der Waals surface area contributed by atoms with Gasteiger partial charge in [0.2, 0.25) is 17.7 Å². The fraction of sp³-hybridized carbons (Fsp3) is 0.130. The second-order valence-corrected chi connectivity index (χ2v) is 7.23. The number of aliphatic carboxylic acids is 1. The van der Waals surface area contributed by atoms with Gasteiger partial charge in [-0.25, -0.2) is 0 Å². The minimum atomic E-state index is -1.01. The summed E-state index contributed by atoms with van der Waals surface area (Å²) in [4.78, 5) is 35.2. The molecule has 0 unspecified atom stereocenters. The lowest BCUT2D eigenvalue weighted by atomic mass is 9.96. The standard InChI is InChI=1S/C23H21N5O4/c24-23-27-20-18(10-11-25-20)21(28-23)32-17-8-6-16(7-9-17)26-19(29)13-15(22(30)31)12-14-4-2-1-3-5-14/h1-11,15H,12-13H2,(H,26,29)(H,30,31)(H3,24,25,27,28)/t15-/m0/s1. The molecule has 9 heteroatoms. The number of carbonyl (C=O) groups is 2. The van der Waals surface area contributed by atoms with Crippen molar-refractivity contribution in [1.29, 1.82) is 0 Å². The van der Waals surface area contributed by atoms with Crippen LogP contribution < -0.4 is 15.8 Å². The second kappa shape index (κ2) is 9.17. The van der Waals surface area contributed by atoms with E-state index < -0.39 is 11.9 Å². The van der Waals surface area contributed by atoms with Crippen LogP contribution in [0.2, 0.25) is 0 Å². The Morgan fingerprint density at radius 1 is 1.06 bits per heavy atom. The average Bonchev–Trinajstić information content (AvgIpc) is 3.24. The lowest BCUT2D eigenvalue weighted by molar-refractivity contribution is -0.143. The molecule has 2 heterocycles. The third-order valence-electron chi connectivity index (χ3n) is 4.86. The van der Waals surface area contributed by atoms with Crippen LogP contribution in [0.1, 0.15) is 12.0 Å². The van der Waals surface area contributed by atoms with Gasteiger partial charge in [0, 0.05) is 18.3 Å². The van der Waals surface area contributed by atoms with Crippen LogP contribution in [-0.4, -0.2) is 31.9 Å². The molecule has 0 aliphatic carbocycles. The molecule has 0 saturated heterocycles. The molecule has 2 aromatic carbocycles. The van der Waals surface area contributed by atoms with Crippen LogP contribution in [0.4, 0.5) is 11.6 Å². The Morgan fingerprint density at radius 2 is 1.81 bits per heavy atom. The molecular weight excluding hydrogens is 410 g/mol. The number of nitrogens with zero attached hydrogens (tertiary/aromatic N) is 2. The molecule has 0 aliphatic rings. The van der Waals surface area contributed by atoms with Gasteiger partial charge in [-0.05, 0) is 42.3 Å². The molecule has 1 amide bonds. The van der Waals surface area contributed by atoms with Gasteiger partial charge in [-0.2, -0.15) is 9.97 Å². The molecule has 32 heavy (non-hydrogen) atoms. The first-order valence-corrected chi connectivity index (χ1v) is 9.93. The topological polar surface area (TPSA) is 143 Å². The summed E-state index contributed by atoms with van der Waals surface area (Å²) >= 11 is 0. The number of aromatic nitrogens is 3. The van der Waals surface area contributed by atoms with Gasteiger partial charge in [-0.1, -0.05) is 30.3 Å². The van der Waals surface area contributed by atoms with Crippen molar-refractivity contribution in [3.05, 3.63) is 72.4 Å². The smallest absolute Gasteiger partial charge is 0.307 e. The number of carboxylic acids is 1. The zero-order valence-corrected chi connectivity index (χ0v) is 17.0. The van der Waals surface area contributed by atoms with Crippen molar-refractivity contribution in [3.8, 4) is 11.6 Å². The number of hydrogen-bond donors (Lipinski definition) is 4. The first kappa shape index (κ1) is 20.9. The number of carbonyl (C=O) groups excluding carboxylic acids is 1.